The maximum Gasteiger partial charge on any atom is 0.319 e. The lowest BCUT2D eigenvalue weighted by atomic mass is 10.3. The van der Waals surface area contributed by atoms with Gasteiger partial charge in [0.2, 0.25) is 0 Å². The van der Waals surface area contributed by atoms with E-state index in [1.165, 1.54) is 19.2 Å². The van der Waals surface area contributed by atoms with Crippen LogP contribution in [0, 0.1) is 5.82 Å². The largest absolute Gasteiger partial charge is 0.494 e. The van der Waals surface area contributed by atoms with Crippen LogP contribution >= 0.6 is 0 Å². The van der Waals surface area contributed by atoms with Crippen LogP contribution in [0.4, 0.5) is 14.9 Å². The molecule has 1 aromatic rings. The highest BCUT2D eigenvalue weighted by atomic mass is 19.1. The molecule has 17 heavy (non-hydrogen) atoms. The lowest BCUT2D eigenvalue weighted by Gasteiger charge is -2.12. The molecular weight excluding hydrogens is 227 g/mol. The van der Waals surface area contributed by atoms with Gasteiger partial charge in [-0.25, -0.2) is 9.18 Å². The van der Waals surface area contributed by atoms with Gasteiger partial charge in [-0.1, -0.05) is 0 Å². The van der Waals surface area contributed by atoms with E-state index in [2.05, 4.69) is 10.6 Å². The zero-order valence-electron chi connectivity index (χ0n) is 9.66. The molecule has 2 amide bonds. The molecule has 0 spiro atoms. The van der Waals surface area contributed by atoms with Crippen LogP contribution in [0.1, 0.15) is 6.92 Å². The summed E-state index contributed by atoms with van der Waals surface area (Å²) in [6.45, 7) is 1.48. The van der Waals surface area contributed by atoms with Crippen LogP contribution in [0.5, 0.6) is 5.75 Å². The molecule has 0 aliphatic rings. The molecule has 0 saturated carbocycles. The van der Waals surface area contributed by atoms with Crippen molar-refractivity contribution in [3.63, 3.8) is 0 Å². The van der Waals surface area contributed by atoms with Gasteiger partial charge < -0.3 is 20.5 Å². The summed E-state index contributed by atoms with van der Waals surface area (Å²) < 4.78 is 18.0. The summed E-state index contributed by atoms with van der Waals surface area (Å²) in [5, 5.41) is 13.7. The maximum absolute atomic E-state index is 13.3. The van der Waals surface area contributed by atoms with Crippen molar-refractivity contribution in [2.45, 2.75) is 13.0 Å². The van der Waals surface area contributed by atoms with Gasteiger partial charge in [0.25, 0.3) is 0 Å². The topological polar surface area (TPSA) is 70.6 Å². The molecule has 1 rings (SSSR count). The van der Waals surface area contributed by atoms with Crippen LogP contribution in [-0.2, 0) is 0 Å². The van der Waals surface area contributed by atoms with E-state index in [9.17, 15) is 9.18 Å². The SMILES string of the molecule is COc1ccc(NC(=O)N[C@H](C)CO)cc1F. The molecule has 0 bridgehead atoms. The molecule has 0 unspecified atom stereocenters. The van der Waals surface area contributed by atoms with Crippen molar-refractivity contribution in [1.29, 1.82) is 0 Å². The highest BCUT2D eigenvalue weighted by molar-refractivity contribution is 5.89. The van der Waals surface area contributed by atoms with Gasteiger partial charge in [0.05, 0.1) is 19.8 Å². The third-order valence-corrected chi connectivity index (χ3v) is 2.06. The van der Waals surface area contributed by atoms with Gasteiger partial charge in [-0.2, -0.15) is 0 Å². The molecule has 0 radical (unpaired) electrons. The normalized spacial score (nSPS) is 11.8. The van der Waals surface area contributed by atoms with Crippen molar-refractivity contribution in [3.8, 4) is 5.75 Å². The van der Waals surface area contributed by atoms with Gasteiger partial charge in [0.15, 0.2) is 11.6 Å². The summed E-state index contributed by atoms with van der Waals surface area (Å²) in [4.78, 5) is 11.4. The molecule has 0 aliphatic heterocycles. The van der Waals surface area contributed by atoms with E-state index < -0.39 is 11.8 Å². The number of aliphatic hydroxyl groups is 1. The number of hydrogen-bond acceptors (Lipinski definition) is 3. The second-order valence-corrected chi connectivity index (χ2v) is 3.53. The standard InChI is InChI=1S/C11H15FN2O3/c1-7(6-15)13-11(16)14-8-3-4-10(17-2)9(12)5-8/h3-5,7,15H,6H2,1-2H3,(H2,13,14,16)/t7-/m1/s1. The molecule has 3 N–H and O–H groups in total. The fourth-order valence-electron chi connectivity index (χ4n) is 1.18. The first kappa shape index (κ1) is 13.2. The Labute approximate surface area is 98.6 Å². The molecule has 6 heteroatoms. The summed E-state index contributed by atoms with van der Waals surface area (Å²) in [7, 11) is 1.36. The van der Waals surface area contributed by atoms with E-state index >= 15 is 0 Å². The van der Waals surface area contributed by atoms with E-state index in [0.717, 1.165) is 6.07 Å². The Kier molecular flexibility index (Phi) is 4.71. The van der Waals surface area contributed by atoms with Crippen LogP contribution < -0.4 is 15.4 Å². The Bertz CT molecular complexity index is 398. The zero-order chi connectivity index (χ0) is 12.8. The van der Waals surface area contributed by atoms with Crippen molar-refractivity contribution in [1.82, 2.24) is 5.32 Å². The predicted molar refractivity (Wildman–Crippen MR) is 61.7 cm³/mol. The average Bonchev–Trinajstić information content (AvgIpc) is 2.29. The number of halogens is 1. The van der Waals surface area contributed by atoms with Gasteiger partial charge in [-0.05, 0) is 19.1 Å². The summed E-state index contributed by atoms with van der Waals surface area (Å²) in [6.07, 6.45) is 0. The first-order valence-electron chi connectivity index (χ1n) is 5.08. The Morgan fingerprint density at radius 1 is 1.59 bits per heavy atom. The summed E-state index contributed by atoms with van der Waals surface area (Å²) in [5.74, 6) is -0.444. The minimum atomic E-state index is -0.555. The number of urea groups is 1. The highest BCUT2D eigenvalue weighted by Gasteiger charge is 2.08. The van der Waals surface area contributed by atoms with Crippen molar-refractivity contribution >= 4 is 11.7 Å². The molecule has 1 aromatic carbocycles. The van der Waals surface area contributed by atoms with Gasteiger partial charge in [0.1, 0.15) is 0 Å². The first-order chi connectivity index (χ1) is 8.06. The molecule has 0 saturated heterocycles. The first-order valence-corrected chi connectivity index (χ1v) is 5.08. The Balaban J connectivity index is 2.63. The summed E-state index contributed by atoms with van der Waals surface area (Å²) >= 11 is 0. The minimum Gasteiger partial charge on any atom is -0.494 e. The number of ether oxygens (including phenoxy) is 1. The predicted octanol–water partition coefficient (Wildman–Crippen LogP) is 1.34. The molecule has 5 nitrogen and oxygen atoms in total. The van der Waals surface area contributed by atoms with E-state index in [1.807, 2.05) is 0 Å². The lowest BCUT2D eigenvalue weighted by molar-refractivity contribution is 0.229. The summed E-state index contributed by atoms with van der Waals surface area (Å²) in [5.41, 5.74) is 0.311. The third-order valence-electron chi connectivity index (χ3n) is 2.06. The fourth-order valence-corrected chi connectivity index (χ4v) is 1.18. The van der Waals surface area contributed by atoms with Gasteiger partial charge in [-0.3, -0.25) is 0 Å². The number of aliphatic hydroxyl groups excluding tert-OH is 1. The molecule has 0 heterocycles. The van der Waals surface area contributed by atoms with Crippen LogP contribution in [0.3, 0.4) is 0 Å². The lowest BCUT2D eigenvalue weighted by Crippen LogP contribution is -2.38. The molecule has 1 atom stereocenters. The zero-order valence-corrected chi connectivity index (χ0v) is 9.66. The van der Waals surface area contributed by atoms with Crippen molar-refractivity contribution in [2.75, 3.05) is 19.0 Å². The Morgan fingerprint density at radius 3 is 2.82 bits per heavy atom. The monoisotopic (exact) mass is 242 g/mol. The van der Waals surface area contributed by atoms with Crippen molar-refractivity contribution < 1.29 is 19.0 Å². The number of hydrogen-bond donors (Lipinski definition) is 3. The number of rotatable bonds is 4. The molecule has 0 aliphatic carbocycles. The molecular formula is C11H15FN2O3. The highest BCUT2D eigenvalue weighted by Crippen LogP contribution is 2.20. The Morgan fingerprint density at radius 2 is 2.29 bits per heavy atom. The number of methoxy groups -OCH3 is 1. The van der Waals surface area contributed by atoms with Crippen LogP contribution in [0.25, 0.3) is 0 Å². The number of carbonyl (C=O) groups excluding carboxylic acids is 1. The van der Waals surface area contributed by atoms with Crippen LogP contribution in [0.2, 0.25) is 0 Å². The van der Waals surface area contributed by atoms with Gasteiger partial charge in [-0.15, -0.1) is 0 Å². The smallest absolute Gasteiger partial charge is 0.319 e. The van der Waals surface area contributed by atoms with Crippen LogP contribution in [-0.4, -0.2) is 30.9 Å². The van der Waals surface area contributed by atoms with Crippen molar-refractivity contribution in [3.05, 3.63) is 24.0 Å². The molecule has 0 fully saturated rings. The summed E-state index contributed by atoms with van der Waals surface area (Å²) in [6, 6.07) is 3.22. The molecule has 0 aromatic heterocycles. The van der Waals surface area contributed by atoms with Gasteiger partial charge in [0, 0.05) is 11.8 Å². The number of nitrogens with one attached hydrogen (secondary N) is 2. The quantitative estimate of drug-likeness (QED) is 0.746. The van der Waals surface area contributed by atoms with E-state index in [4.69, 9.17) is 9.84 Å². The second-order valence-electron chi connectivity index (χ2n) is 3.53. The fraction of sp³-hybridized carbons (Fsp3) is 0.364. The number of anilines is 1. The number of amides is 2. The van der Waals surface area contributed by atoms with Gasteiger partial charge >= 0.3 is 6.03 Å². The molecule has 94 valence electrons. The third kappa shape index (κ3) is 3.92. The van der Waals surface area contributed by atoms with Crippen LogP contribution in [0.15, 0.2) is 18.2 Å². The minimum absolute atomic E-state index is 0.111. The van der Waals surface area contributed by atoms with E-state index in [-0.39, 0.29) is 18.4 Å². The van der Waals surface area contributed by atoms with Crippen molar-refractivity contribution in [2.24, 2.45) is 0 Å². The number of carbonyl (C=O) groups is 1. The van der Waals surface area contributed by atoms with E-state index in [1.54, 1.807) is 6.92 Å². The Hall–Kier alpha value is -1.82. The number of benzene rings is 1. The maximum atomic E-state index is 13.3. The average molecular weight is 242 g/mol. The van der Waals surface area contributed by atoms with E-state index in [0.29, 0.717) is 5.69 Å². The second kappa shape index (κ2) is 6.05.